The molecular formula is C25H24BrN5O5S. The quantitative estimate of drug-likeness (QED) is 0.286. The van der Waals surface area contributed by atoms with Crippen LogP contribution in [0.25, 0.3) is 11.5 Å². The van der Waals surface area contributed by atoms with E-state index in [-0.39, 0.29) is 0 Å². The summed E-state index contributed by atoms with van der Waals surface area (Å²) >= 11 is 4.79. The predicted molar refractivity (Wildman–Crippen MR) is 142 cm³/mol. The Labute approximate surface area is 226 Å². The van der Waals surface area contributed by atoms with Crippen LogP contribution in [0.1, 0.15) is 17.4 Å². The van der Waals surface area contributed by atoms with E-state index in [2.05, 4.69) is 25.9 Å². The van der Waals surface area contributed by atoms with Gasteiger partial charge in [-0.05, 0) is 41.9 Å². The molecule has 5 rings (SSSR count). The first kappa shape index (κ1) is 25.0. The molecule has 0 saturated carbocycles. The Bertz CT molecular complexity index is 1400. The van der Waals surface area contributed by atoms with Crippen molar-refractivity contribution in [3.8, 4) is 28.8 Å². The number of nitrogens with zero attached hydrogens (tertiary/aromatic N) is 4. The number of thioether (sulfide) groups is 1. The molecule has 2 N–H and O–H groups in total. The average Bonchev–Trinajstić information content (AvgIpc) is 3.56. The zero-order chi connectivity index (χ0) is 25.9. The summed E-state index contributed by atoms with van der Waals surface area (Å²) in [6.45, 7) is 0.581. The van der Waals surface area contributed by atoms with Gasteiger partial charge in [0.05, 0.1) is 27.7 Å². The highest BCUT2D eigenvalue weighted by Gasteiger charge is 2.27. The van der Waals surface area contributed by atoms with Gasteiger partial charge in [-0.1, -0.05) is 34.1 Å². The number of methoxy groups -OCH3 is 3. The van der Waals surface area contributed by atoms with Crippen molar-refractivity contribution in [2.75, 3.05) is 27.1 Å². The Hall–Kier alpha value is -3.64. The molecule has 0 radical (unpaired) electrons. The third kappa shape index (κ3) is 5.12. The van der Waals surface area contributed by atoms with Crippen molar-refractivity contribution in [3.63, 3.8) is 0 Å². The minimum atomic E-state index is -0.544. The second-order valence-corrected chi connectivity index (χ2v) is 9.76. The molecule has 10 nitrogen and oxygen atoms in total. The van der Waals surface area contributed by atoms with Crippen LogP contribution in [0, 0.1) is 0 Å². The smallest absolute Gasteiger partial charge is 0.268 e. The fraction of sp³-hybridized carbons (Fsp3) is 0.240. The average molecular weight is 586 g/mol. The highest BCUT2D eigenvalue weighted by atomic mass is 79.9. The molecule has 37 heavy (non-hydrogen) atoms. The molecule has 0 aromatic heterocycles. The molecule has 0 spiro atoms. The van der Waals surface area contributed by atoms with Crippen LogP contribution in [0.2, 0.25) is 0 Å². The minimum absolute atomic E-state index is 0.307. The van der Waals surface area contributed by atoms with Crippen molar-refractivity contribution < 1.29 is 23.7 Å². The molecule has 0 bridgehead atoms. The van der Waals surface area contributed by atoms with Gasteiger partial charge in [-0.2, -0.15) is 0 Å². The van der Waals surface area contributed by atoms with Gasteiger partial charge in [0.25, 0.3) is 6.29 Å². The largest absolute Gasteiger partial charge is 0.493 e. The number of imidazole rings is 1. The van der Waals surface area contributed by atoms with E-state index in [0.29, 0.717) is 57.8 Å². The number of benzene rings is 2. The van der Waals surface area contributed by atoms with E-state index in [1.807, 2.05) is 41.0 Å². The number of nitrogens with two attached hydrogens (primary N) is 1. The van der Waals surface area contributed by atoms with Gasteiger partial charge >= 0.3 is 0 Å². The second-order valence-electron chi connectivity index (χ2n) is 7.93. The fourth-order valence-electron chi connectivity index (χ4n) is 3.89. The summed E-state index contributed by atoms with van der Waals surface area (Å²) in [6.07, 6.45) is 3.34. The molecule has 2 aromatic rings. The number of anilines is 1. The van der Waals surface area contributed by atoms with Gasteiger partial charge in [0.2, 0.25) is 10.8 Å². The lowest BCUT2D eigenvalue weighted by Crippen LogP contribution is -2.10. The Morgan fingerprint density at radius 1 is 1.08 bits per heavy atom. The van der Waals surface area contributed by atoms with Gasteiger partial charge in [0, 0.05) is 16.6 Å². The summed E-state index contributed by atoms with van der Waals surface area (Å²) < 4.78 is 30.8. The van der Waals surface area contributed by atoms with Crippen molar-refractivity contribution >= 4 is 33.5 Å². The number of halogens is 1. The molecule has 0 amide bonds. The normalized spacial score (nSPS) is 14.7. The first-order chi connectivity index (χ1) is 18.0. The topological polar surface area (TPSA) is 116 Å². The molecule has 1 atom stereocenters. The predicted octanol–water partition coefficient (Wildman–Crippen LogP) is 5.03. The minimum Gasteiger partial charge on any atom is -0.493 e. The first-order valence-corrected chi connectivity index (χ1v) is 12.8. The maximum atomic E-state index is 6.12. The SMILES string of the molecule is COc1cc(CCn2cnc(N)c3nc(SC4=COC(c5ccccc5Br)O4)nc2-3)cc(OC)c1OC. The van der Waals surface area contributed by atoms with Crippen LogP contribution in [0.5, 0.6) is 17.2 Å². The van der Waals surface area contributed by atoms with Gasteiger partial charge in [0.1, 0.15) is 6.26 Å². The molecule has 2 aromatic carbocycles. The van der Waals surface area contributed by atoms with Gasteiger partial charge in [0.15, 0.2) is 34.0 Å². The van der Waals surface area contributed by atoms with E-state index in [9.17, 15) is 0 Å². The van der Waals surface area contributed by atoms with Crippen LogP contribution < -0.4 is 19.9 Å². The third-order valence-corrected chi connectivity index (χ3v) is 7.18. The van der Waals surface area contributed by atoms with Crippen molar-refractivity contribution in [3.05, 3.63) is 69.7 Å². The summed E-state index contributed by atoms with van der Waals surface area (Å²) in [5, 5.41) is 1.03. The zero-order valence-electron chi connectivity index (χ0n) is 20.3. The van der Waals surface area contributed by atoms with Gasteiger partial charge in [-0.15, -0.1) is 0 Å². The lowest BCUT2D eigenvalue weighted by Gasteiger charge is -2.15. The van der Waals surface area contributed by atoms with E-state index in [4.69, 9.17) is 34.4 Å². The monoisotopic (exact) mass is 585 g/mol. The Kier molecular flexibility index (Phi) is 7.28. The molecule has 0 aliphatic carbocycles. The molecule has 192 valence electrons. The summed E-state index contributed by atoms with van der Waals surface area (Å²) in [7, 11) is 4.77. The number of nitrogen functional groups attached to an aromatic ring is 1. The summed E-state index contributed by atoms with van der Waals surface area (Å²) in [5.41, 5.74) is 8.53. The third-order valence-electron chi connectivity index (χ3n) is 5.70. The van der Waals surface area contributed by atoms with Crippen molar-refractivity contribution in [2.24, 2.45) is 0 Å². The maximum absolute atomic E-state index is 6.12. The number of ether oxygens (including phenoxy) is 5. The van der Waals surface area contributed by atoms with E-state index < -0.39 is 6.29 Å². The lowest BCUT2D eigenvalue weighted by atomic mass is 10.1. The van der Waals surface area contributed by atoms with Crippen molar-refractivity contribution in [2.45, 2.75) is 24.4 Å². The van der Waals surface area contributed by atoms with Crippen LogP contribution in [-0.2, 0) is 22.4 Å². The van der Waals surface area contributed by atoms with Crippen LogP contribution in [0.3, 0.4) is 0 Å². The Balaban J connectivity index is 1.33. The van der Waals surface area contributed by atoms with Crippen LogP contribution in [-0.4, -0.2) is 40.8 Å². The number of fused-ring (bicyclic) bond motifs is 1. The molecule has 0 fully saturated rings. The number of hydrogen-bond acceptors (Lipinski definition) is 10. The second kappa shape index (κ2) is 10.8. The van der Waals surface area contributed by atoms with Gasteiger partial charge in [-0.3, -0.25) is 0 Å². The summed E-state index contributed by atoms with van der Waals surface area (Å²) in [6, 6.07) is 11.6. The van der Waals surface area contributed by atoms with Crippen molar-refractivity contribution in [1.82, 2.24) is 19.5 Å². The molecule has 3 aliphatic rings. The summed E-state index contributed by atoms with van der Waals surface area (Å²) in [4.78, 5) is 13.6. The van der Waals surface area contributed by atoms with Crippen LogP contribution in [0.15, 0.2) is 63.7 Å². The van der Waals surface area contributed by atoms with E-state index in [1.54, 1.807) is 33.9 Å². The fourth-order valence-corrected chi connectivity index (χ4v) is 5.05. The molecule has 1 unspecified atom stereocenters. The summed E-state index contributed by atoms with van der Waals surface area (Å²) in [5.74, 6) is 2.69. The van der Waals surface area contributed by atoms with Gasteiger partial charge < -0.3 is 34.0 Å². The Morgan fingerprint density at radius 2 is 1.84 bits per heavy atom. The van der Waals surface area contributed by atoms with E-state index >= 15 is 0 Å². The van der Waals surface area contributed by atoms with Crippen LogP contribution in [0.4, 0.5) is 5.82 Å². The standard InChI is InChI=1S/C25H24BrN5O5S/c1-32-17-10-14(11-18(33-2)21(17)34-3)8-9-31-13-28-22(27)20-23(31)30-25(29-20)37-19-12-35-24(36-19)15-6-4-5-7-16(15)26/h4-7,10-13,24H,8-9,27H2,1-3H3. The number of hydrogen-bond donors (Lipinski definition) is 1. The zero-order valence-corrected chi connectivity index (χ0v) is 22.7. The van der Waals surface area contributed by atoms with Crippen molar-refractivity contribution in [1.29, 1.82) is 0 Å². The highest BCUT2D eigenvalue weighted by Crippen LogP contribution is 2.41. The number of rotatable bonds is 9. The highest BCUT2D eigenvalue weighted by molar-refractivity contribution is 9.10. The Morgan fingerprint density at radius 3 is 2.54 bits per heavy atom. The van der Waals surface area contributed by atoms with E-state index in [0.717, 1.165) is 15.6 Å². The van der Waals surface area contributed by atoms with E-state index in [1.165, 1.54) is 11.8 Å². The molecule has 0 saturated heterocycles. The maximum Gasteiger partial charge on any atom is 0.268 e. The lowest BCUT2D eigenvalue weighted by molar-refractivity contribution is -0.0278. The van der Waals surface area contributed by atoms with Crippen LogP contribution >= 0.6 is 27.7 Å². The molecule has 3 aliphatic heterocycles. The van der Waals surface area contributed by atoms with Gasteiger partial charge in [-0.25, -0.2) is 15.0 Å². The first-order valence-electron chi connectivity index (χ1n) is 11.2. The number of aryl methyl sites for hydroxylation is 2. The number of aromatic nitrogens is 4. The molecule has 3 heterocycles. The molecule has 12 heteroatoms. The molecular weight excluding hydrogens is 562 g/mol.